The Morgan fingerprint density at radius 1 is 1.28 bits per heavy atom. The van der Waals surface area contributed by atoms with Gasteiger partial charge in [0.2, 0.25) is 0 Å². The van der Waals surface area contributed by atoms with Crippen molar-refractivity contribution in [1.82, 2.24) is 0 Å². The van der Waals surface area contributed by atoms with Crippen LogP contribution in [0.15, 0.2) is 0 Å². The highest BCUT2D eigenvalue weighted by Crippen LogP contribution is 2.55. The van der Waals surface area contributed by atoms with Gasteiger partial charge in [0.05, 0.1) is 5.92 Å². The second kappa shape index (κ2) is 3.82. The summed E-state index contributed by atoms with van der Waals surface area (Å²) in [5.74, 6) is 1.52. The number of ether oxygens (including phenoxy) is 1. The Hall–Kier alpha value is -0.860. The van der Waals surface area contributed by atoms with Crippen molar-refractivity contribution in [2.45, 2.75) is 52.6 Å². The van der Waals surface area contributed by atoms with E-state index in [1.807, 2.05) is 6.92 Å². The van der Waals surface area contributed by atoms with Gasteiger partial charge in [0.15, 0.2) is 0 Å². The van der Waals surface area contributed by atoms with Crippen LogP contribution < -0.4 is 0 Å². The van der Waals surface area contributed by atoms with Gasteiger partial charge in [-0.2, -0.15) is 0 Å². The van der Waals surface area contributed by atoms with Crippen LogP contribution >= 0.6 is 0 Å². The highest BCUT2D eigenvalue weighted by atomic mass is 16.6. The maximum Gasteiger partial charge on any atom is 0.309 e. The minimum Gasteiger partial charge on any atom is -0.462 e. The number of esters is 1. The maximum absolute atomic E-state index is 12.3. The van der Waals surface area contributed by atoms with Crippen molar-refractivity contribution in [3.8, 4) is 0 Å². The van der Waals surface area contributed by atoms with E-state index < -0.39 is 0 Å². The quantitative estimate of drug-likeness (QED) is 0.621. The summed E-state index contributed by atoms with van der Waals surface area (Å²) in [5.41, 5.74) is -0.207. The van der Waals surface area contributed by atoms with Gasteiger partial charge in [0.1, 0.15) is 11.9 Å². The lowest BCUT2D eigenvalue weighted by Crippen LogP contribution is -2.33. The maximum atomic E-state index is 12.3. The number of hydrogen-bond acceptors (Lipinski definition) is 3. The van der Waals surface area contributed by atoms with Crippen molar-refractivity contribution in [3.05, 3.63) is 0 Å². The molecule has 0 unspecified atom stereocenters. The summed E-state index contributed by atoms with van der Waals surface area (Å²) in [5, 5.41) is 0. The van der Waals surface area contributed by atoms with Crippen LogP contribution in [0.4, 0.5) is 0 Å². The Morgan fingerprint density at radius 2 is 2.00 bits per heavy atom. The number of rotatable bonds is 0. The number of hydrogen-bond donors (Lipinski definition) is 0. The number of carbonyl (C=O) groups is 2. The first-order chi connectivity index (χ1) is 8.43. The number of Topliss-reactive ketones (excluding diaryl/α,β-unsaturated/α-hetero) is 1. The average Bonchev–Trinajstić information content (AvgIpc) is 2.69. The molecule has 3 fully saturated rings. The lowest BCUT2D eigenvalue weighted by atomic mass is 9.69. The number of ketones is 1. The predicted molar refractivity (Wildman–Crippen MR) is 66.8 cm³/mol. The first kappa shape index (κ1) is 12.2. The standard InChI is InChI=1S/C15H22O3/c1-8-6-12-10(9(2)14(17)18-12)7-15(3)11(8)4-5-13(15)16/h8-12H,4-7H2,1-3H3/t8-,9+,10+,11-,12-,15-/m0/s1. The van der Waals surface area contributed by atoms with Crippen molar-refractivity contribution in [2.75, 3.05) is 0 Å². The molecule has 0 N–H and O–H groups in total. The SMILES string of the molecule is C[C@H]1C[C@@H]2OC(=O)[C@H](C)[C@H]2C[C@]2(C)C(=O)CC[C@@H]12. The van der Waals surface area contributed by atoms with Gasteiger partial charge in [0, 0.05) is 17.8 Å². The van der Waals surface area contributed by atoms with Crippen LogP contribution in [-0.2, 0) is 14.3 Å². The molecule has 3 heteroatoms. The van der Waals surface area contributed by atoms with Crippen molar-refractivity contribution >= 4 is 11.8 Å². The van der Waals surface area contributed by atoms with E-state index in [0.717, 1.165) is 25.7 Å². The summed E-state index contributed by atoms with van der Waals surface area (Å²) in [6.07, 6.45) is 3.59. The topological polar surface area (TPSA) is 43.4 Å². The molecule has 0 aromatic rings. The van der Waals surface area contributed by atoms with Gasteiger partial charge in [-0.25, -0.2) is 0 Å². The smallest absolute Gasteiger partial charge is 0.309 e. The summed E-state index contributed by atoms with van der Waals surface area (Å²) in [4.78, 5) is 24.0. The minimum atomic E-state index is -0.207. The summed E-state index contributed by atoms with van der Waals surface area (Å²) in [6, 6.07) is 0. The Labute approximate surface area is 108 Å². The van der Waals surface area contributed by atoms with Gasteiger partial charge in [-0.3, -0.25) is 9.59 Å². The average molecular weight is 250 g/mol. The molecule has 0 aromatic heterocycles. The molecule has 100 valence electrons. The third-order valence-electron chi connectivity index (χ3n) is 5.85. The molecule has 6 atom stereocenters. The van der Waals surface area contributed by atoms with Crippen molar-refractivity contribution in [1.29, 1.82) is 0 Å². The fraction of sp³-hybridized carbons (Fsp3) is 0.867. The second-order valence-electron chi connectivity index (χ2n) is 6.83. The first-order valence-electron chi connectivity index (χ1n) is 7.17. The van der Waals surface area contributed by atoms with Crippen LogP contribution in [0.25, 0.3) is 0 Å². The molecule has 3 nitrogen and oxygen atoms in total. The van der Waals surface area contributed by atoms with Crippen molar-refractivity contribution < 1.29 is 14.3 Å². The predicted octanol–water partition coefficient (Wildman–Crippen LogP) is 2.58. The molecule has 2 aliphatic carbocycles. The van der Waals surface area contributed by atoms with Gasteiger partial charge in [-0.1, -0.05) is 20.8 Å². The third-order valence-corrected chi connectivity index (χ3v) is 5.85. The van der Waals surface area contributed by atoms with Crippen LogP contribution in [0.1, 0.15) is 46.5 Å². The molecule has 2 saturated carbocycles. The molecule has 0 bridgehead atoms. The Balaban J connectivity index is 1.96. The second-order valence-corrected chi connectivity index (χ2v) is 6.83. The largest absolute Gasteiger partial charge is 0.462 e. The molecule has 18 heavy (non-hydrogen) atoms. The van der Waals surface area contributed by atoms with E-state index in [1.54, 1.807) is 0 Å². The summed E-state index contributed by atoms with van der Waals surface area (Å²) in [7, 11) is 0. The number of carbonyl (C=O) groups excluding carboxylic acids is 2. The molecule has 1 aliphatic heterocycles. The Kier molecular flexibility index (Phi) is 2.58. The highest BCUT2D eigenvalue weighted by molar-refractivity contribution is 5.87. The molecule has 0 aromatic carbocycles. The van der Waals surface area contributed by atoms with E-state index in [0.29, 0.717) is 17.6 Å². The summed E-state index contributed by atoms with van der Waals surface area (Å²) in [6.45, 7) is 6.31. The molecule has 0 radical (unpaired) electrons. The summed E-state index contributed by atoms with van der Waals surface area (Å²) < 4.78 is 5.52. The van der Waals surface area contributed by atoms with E-state index in [4.69, 9.17) is 4.74 Å². The fourth-order valence-corrected chi connectivity index (χ4v) is 4.67. The zero-order chi connectivity index (χ0) is 13.1. The molecule has 0 amide bonds. The van der Waals surface area contributed by atoms with E-state index in [-0.39, 0.29) is 29.3 Å². The van der Waals surface area contributed by atoms with E-state index in [9.17, 15) is 9.59 Å². The van der Waals surface area contributed by atoms with Gasteiger partial charge >= 0.3 is 5.97 Å². The van der Waals surface area contributed by atoms with Crippen LogP contribution in [0.5, 0.6) is 0 Å². The monoisotopic (exact) mass is 250 g/mol. The van der Waals surface area contributed by atoms with Crippen molar-refractivity contribution in [3.63, 3.8) is 0 Å². The van der Waals surface area contributed by atoms with Crippen LogP contribution in [0.3, 0.4) is 0 Å². The van der Waals surface area contributed by atoms with Crippen LogP contribution in [0.2, 0.25) is 0 Å². The summed E-state index contributed by atoms with van der Waals surface area (Å²) >= 11 is 0. The van der Waals surface area contributed by atoms with Gasteiger partial charge in [0.25, 0.3) is 0 Å². The molecular weight excluding hydrogens is 228 g/mol. The van der Waals surface area contributed by atoms with Crippen LogP contribution in [0, 0.1) is 29.1 Å². The molecule has 3 rings (SSSR count). The van der Waals surface area contributed by atoms with Crippen LogP contribution in [-0.4, -0.2) is 17.9 Å². The van der Waals surface area contributed by atoms with E-state index in [1.165, 1.54) is 0 Å². The normalized spacial score (nSPS) is 51.6. The highest BCUT2D eigenvalue weighted by Gasteiger charge is 2.56. The zero-order valence-corrected chi connectivity index (χ0v) is 11.4. The molecule has 1 heterocycles. The van der Waals surface area contributed by atoms with Gasteiger partial charge in [-0.15, -0.1) is 0 Å². The van der Waals surface area contributed by atoms with Gasteiger partial charge in [-0.05, 0) is 31.1 Å². The first-order valence-corrected chi connectivity index (χ1v) is 7.17. The Bertz CT molecular complexity index is 403. The van der Waals surface area contributed by atoms with E-state index >= 15 is 0 Å². The van der Waals surface area contributed by atoms with Crippen molar-refractivity contribution in [2.24, 2.45) is 29.1 Å². The molecular formula is C15H22O3. The van der Waals surface area contributed by atoms with E-state index in [2.05, 4.69) is 13.8 Å². The molecule has 1 saturated heterocycles. The number of fused-ring (bicyclic) bond motifs is 2. The lowest BCUT2D eigenvalue weighted by molar-refractivity contribution is -0.144. The molecule has 0 spiro atoms. The molecule has 3 aliphatic rings. The lowest BCUT2D eigenvalue weighted by Gasteiger charge is -2.33. The fourth-order valence-electron chi connectivity index (χ4n) is 4.67. The Morgan fingerprint density at radius 3 is 2.72 bits per heavy atom. The van der Waals surface area contributed by atoms with Gasteiger partial charge < -0.3 is 4.74 Å². The minimum absolute atomic E-state index is 0.0359. The zero-order valence-electron chi connectivity index (χ0n) is 11.4. The third kappa shape index (κ3) is 1.49.